The molecule has 0 aromatic heterocycles. The van der Waals surface area contributed by atoms with Gasteiger partial charge >= 0.3 is 0 Å². The maximum atomic E-state index is 9.60. The highest BCUT2D eigenvalue weighted by Gasteiger charge is 2.34. The number of phenols is 1. The molecule has 1 aromatic carbocycles. The van der Waals surface area contributed by atoms with Crippen LogP contribution in [-0.2, 0) is 11.8 Å². The first-order chi connectivity index (χ1) is 9.04. The molecule has 1 heteroatoms. The smallest absolute Gasteiger partial charge is 0.115 e. The second-order valence-corrected chi connectivity index (χ2v) is 5.27. The van der Waals surface area contributed by atoms with Gasteiger partial charge in [0.25, 0.3) is 0 Å². The predicted octanol–water partition coefficient (Wildman–Crippen LogP) is 5.69. The predicted molar refractivity (Wildman–Crippen MR) is 85.9 cm³/mol. The Morgan fingerprint density at radius 3 is 2.21 bits per heavy atom. The number of aryl methyl sites for hydroxylation is 1. The summed E-state index contributed by atoms with van der Waals surface area (Å²) in [4.78, 5) is 0. The molecule has 1 atom stereocenters. The van der Waals surface area contributed by atoms with E-state index in [-0.39, 0.29) is 5.41 Å². The molecule has 0 radical (unpaired) electrons. The summed E-state index contributed by atoms with van der Waals surface area (Å²) < 4.78 is 0. The number of hydrogen-bond acceptors (Lipinski definition) is 1. The van der Waals surface area contributed by atoms with Gasteiger partial charge in [-0.25, -0.2) is 0 Å². The Balaban J connectivity index is 0.000000741. The molecule has 0 saturated carbocycles. The van der Waals surface area contributed by atoms with Gasteiger partial charge in [-0.2, -0.15) is 0 Å². The van der Waals surface area contributed by atoms with Crippen LogP contribution in [0.4, 0.5) is 0 Å². The molecule has 1 unspecified atom stereocenters. The van der Waals surface area contributed by atoms with E-state index in [2.05, 4.69) is 26.8 Å². The fraction of sp³-hybridized carbons (Fsp3) is 0.667. The summed E-state index contributed by atoms with van der Waals surface area (Å²) in [5.74, 6) is 1.03. The molecule has 0 bridgehead atoms. The third kappa shape index (κ3) is 3.99. The Hall–Kier alpha value is -0.980. The van der Waals surface area contributed by atoms with Crippen molar-refractivity contribution in [2.45, 2.75) is 73.1 Å². The third-order valence-corrected chi connectivity index (χ3v) is 4.13. The van der Waals surface area contributed by atoms with Crippen molar-refractivity contribution in [1.29, 1.82) is 0 Å². The van der Waals surface area contributed by atoms with Crippen LogP contribution in [0.1, 0.15) is 72.4 Å². The topological polar surface area (TPSA) is 20.2 Å². The standard InChI is InChI=1S/C14H20O.2C2H6/c1-10(2)14(3)8-4-5-11-6-7-12(15)9-13(11)14;2*1-2/h6-7,9-10,15H,4-5,8H2,1-3H3;2*1-2H3. The van der Waals surface area contributed by atoms with Gasteiger partial charge in [-0.1, -0.05) is 54.5 Å². The Bertz CT molecular complexity index is 368. The minimum atomic E-state index is 0.242. The van der Waals surface area contributed by atoms with Crippen LogP contribution in [0.15, 0.2) is 18.2 Å². The maximum Gasteiger partial charge on any atom is 0.115 e. The minimum Gasteiger partial charge on any atom is -0.508 e. The molecule has 1 nitrogen and oxygen atoms in total. The van der Waals surface area contributed by atoms with E-state index in [1.54, 1.807) is 0 Å². The van der Waals surface area contributed by atoms with Crippen molar-refractivity contribution < 1.29 is 5.11 Å². The van der Waals surface area contributed by atoms with Gasteiger partial charge in [0.1, 0.15) is 5.75 Å². The van der Waals surface area contributed by atoms with E-state index in [1.807, 2.05) is 39.8 Å². The minimum absolute atomic E-state index is 0.242. The van der Waals surface area contributed by atoms with Crippen molar-refractivity contribution in [2.75, 3.05) is 0 Å². The van der Waals surface area contributed by atoms with Crippen LogP contribution in [0.2, 0.25) is 0 Å². The van der Waals surface area contributed by atoms with Gasteiger partial charge in [0.05, 0.1) is 0 Å². The summed E-state index contributed by atoms with van der Waals surface area (Å²) >= 11 is 0. The van der Waals surface area contributed by atoms with Crippen molar-refractivity contribution in [2.24, 2.45) is 5.92 Å². The van der Waals surface area contributed by atoms with E-state index < -0.39 is 0 Å². The lowest BCUT2D eigenvalue weighted by molar-refractivity contribution is 0.289. The van der Waals surface area contributed by atoms with Crippen molar-refractivity contribution in [3.8, 4) is 5.75 Å². The normalized spacial score (nSPS) is 20.6. The summed E-state index contributed by atoms with van der Waals surface area (Å²) in [6.45, 7) is 14.9. The van der Waals surface area contributed by atoms with Crippen LogP contribution in [0.25, 0.3) is 0 Å². The Labute approximate surface area is 120 Å². The highest BCUT2D eigenvalue weighted by molar-refractivity contribution is 5.41. The van der Waals surface area contributed by atoms with E-state index in [0.717, 1.165) is 6.42 Å². The Morgan fingerprint density at radius 2 is 1.68 bits per heavy atom. The molecule has 1 aliphatic carbocycles. The molecule has 2 rings (SSSR count). The summed E-state index contributed by atoms with van der Waals surface area (Å²) in [6.07, 6.45) is 3.67. The Kier molecular flexibility index (Phi) is 7.82. The fourth-order valence-electron chi connectivity index (χ4n) is 2.69. The van der Waals surface area contributed by atoms with Gasteiger partial charge < -0.3 is 5.11 Å². The molecular formula is C18H32O. The van der Waals surface area contributed by atoms with Gasteiger partial charge in [0.2, 0.25) is 0 Å². The van der Waals surface area contributed by atoms with Gasteiger partial charge in [0.15, 0.2) is 0 Å². The number of aromatic hydroxyl groups is 1. The summed E-state index contributed by atoms with van der Waals surface area (Å²) in [5, 5.41) is 9.60. The lowest BCUT2D eigenvalue weighted by Gasteiger charge is -2.39. The first kappa shape index (κ1) is 18.0. The SMILES string of the molecule is CC.CC.CC(C)C1(C)CCCc2ccc(O)cc21. The summed E-state index contributed by atoms with van der Waals surface area (Å²) in [5.41, 5.74) is 3.03. The van der Waals surface area contributed by atoms with Crippen molar-refractivity contribution in [1.82, 2.24) is 0 Å². The van der Waals surface area contributed by atoms with Crippen molar-refractivity contribution in [3.63, 3.8) is 0 Å². The molecule has 19 heavy (non-hydrogen) atoms. The summed E-state index contributed by atoms with van der Waals surface area (Å²) in [6, 6.07) is 5.86. The van der Waals surface area contributed by atoms with Crippen LogP contribution in [-0.4, -0.2) is 5.11 Å². The van der Waals surface area contributed by atoms with Crippen LogP contribution in [0.5, 0.6) is 5.75 Å². The average molecular weight is 264 g/mol. The lowest BCUT2D eigenvalue weighted by atomic mass is 9.65. The average Bonchev–Trinajstić information content (AvgIpc) is 2.44. The molecule has 1 aromatic rings. The zero-order chi connectivity index (χ0) is 15.1. The zero-order valence-corrected chi connectivity index (χ0v) is 13.9. The molecule has 1 N–H and O–H groups in total. The quantitative estimate of drug-likeness (QED) is 0.690. The van der Waals surface area contributed by atoms with E-state index in [0.29, 0.717) is 11.7 Å². The highest BCUT2D eigenvalue weighted by Crippen LogP contribution is 2.43. The first-order valence-corrected chi connectivity index (χ1v) is 7.86. The number of benzene rings is 1. The summed E-state index contributed by atoms with van der Waals surface area (Å²) in [7, 11) is 0. The largest absolute Gasteiger partial charge is 0.508 e. The maximum absolute atomic E-state index is 9.60. The van der Waals surface area contributed by atoms with E-state index in [1.165, 1.54) is 24.0 Å². The monoisotopic (exact) mass is 264 g/mol. The number of fused-ring (bicyclic) bond motifs is 1. The van der Waals surface area contributed by atoms with Gasteiger partial charge in [-0.15, -0.1) is 0 Å². The third-order valence-electron chi connectivity index (χ3n) is 4.13. The molecule has 0 fully saturated rings. The Morgan fingerprint density at radius 1 is 1.11 bits per heavy atom. The molecule has 1 aliphatic rings. The molecule has 0 amide bonds. The molecule has 0 aliphatic heterocycles. The van der Waals surface area contributed by atoms with Gasteiger partial charge in [0, 0.05) is 0 Å². The van der Waals surface area contributed by atoms with Crippen molar-refractivity contribution >= 4 is 0 Å². The molecule has 0 saturated heterocycles. The second kappa shape index (κ2) is 8.24. The second-order valence-electron chi connectivity index (χ2n) is 5.27. The van der Waals surface area contributed by atoms with Gasteiger partial charge in [-0.3, -0.25) is 0 Å². The molecule has 110 valence electrons. The van der Waals surface area contributed by atoms with Crippen molar-refractivity contribution in [3.05, 3.63) is 29.3 Å². The number of phenolic OH excluding ortho intramolecular Hbond substituents is 1. The molecule has 0 heterocycles. The van der Waals surface area contributed by atoms with E-state index in [4.69, 9.17) is 0 Å². The number of hydrogen-bond donors (Lipinski definition) is 1. The molecular weight excluding hydrogens is 232 g/mol. The highest BCUT2D eigenvalue weighted by atomic mass is 16.3. The number of rotatable bonds is 1. The lowest BCUT2D eigenvalue weighted by Crippen LogP contribution is -2.32. The van der Waals surface area contributed by atoms with E-state index in [9.17, 15) is 5.11 Å². The van der Waals surface area contributed by atoms with Gasteiger partial charge in [-0.05, 0) is 53.9 Å². The first-order valence-electron chi connectivity index (χ1n) is 7.86. The van der Waals surface area contributed by atoms with E-state index >= 15 is 0 Å². The van der Waals surface area contributed by atoms with Crippen LogP contribution in [0, 0.1) is 5.92 Å². The zero-order valence-electron chi connectivity index (χ0n) is 13.9. The molecule has 0 spiro atoms. The fourth-order valence-corrected chi connectivity index (χ4v) is 2.69. The van der Waals surface area contributed by atoms with Crippen LogP contribution >= 0.6 is 0 Å². The van der Waals surface area contributed by atoms with Crippen LogP contribution in [0.3, 0.4) is 0 Å². The van der Waals surface area contributed by atoms with Crippen LogP contribution < -0.4 is 0 Å².